The van der Waals surface area contributed by atoms with Crippen molar-refractivity contribution in [2.75, 3.05) is 13.7 Å². The van der Waals surface area contributed by atoms with E-state index in [1.807, 2.05) is 12.1 Å². The fourth-order valence-electron chi connectivity index (χ4n) is 1.41. The van der Waals surface area contributed by atoms with Gasteiger partial charge in [-0.1, -0.05) is 15.9 Å². The molecule has 3 N–H and O–H groups in total. The minimum Gasteiger partial charge on any atom is -0.496 e. The van der Waals surface area contributed by atoms with E-state index in [1.165, 1.54) is 0 Å². The smallest absolute Gasteiger partial charge is 0.315 e. The lowest BCUT2D eigenvalue weighted by Crippen LogP contribution is -2.36. The topological polar surface area (TPSA) is 87.7 Å². The van der Waals surface area contributed by atoms with Crippen molar-refractivity contribution >= 4 is 27.9 Å². The van der Waals surface area contributed by atoms with E-state index >= 15 is 0 Å². The molecule has 6 nitrogen and oxygen atoms in total. The zero-order valence-electron chi connectivity index (χ0n) is 10.4. The van der Waals surface area contributed by atoms with Crippen molar-refractivity contribution in [3.63, 3.8) is 0 Å². The van der Waals surface area contributed by atoms with Gasteiger partial charge < -0.3 is 20.5 Å². The Hall–Kier alpha value is -1.76. The van der Waals surface area contributed by atoms with E-state index in [0.717, 1.165) is 10.0 Å². The number of hydrogen-bond acceptors (Lipinski definition) is 3. The van der Waals surface area contributed by atoms with Gasteiger partial charge in [0.2, 0.25) is 0 Å². The summed E-state index contributed by atoms with van der Waals surface area (Å²) in [4.78, 5) is 21.7. The average Bonchev–Trinajstić information content (AvgIpc) is 2.36. The van der Waals surface area contributed by atoms with Crippen molar-refractivity contribution in [1.82, 2.24) is 10.6 Å². The second kappa shape index (κ2) is 7.63. The molecule has 0 aliphatic carbocycles. The van der Waals surface area contributed by atoms with E-state index < -0.39 is 12.0 Å². The molecule has 0 spiro atoms. The molecule has 0 heterocycles. The van der Waals surface area contributed by atoms with Gasteiger partial charge in [-0.2, -0.15) is 0 Å². The second-order valence-corrected chi connectivity index (χ2v) is 4.63. The van der Waals surface area contributed by atoms with E-state index in [4.69, 9.17) is 9.84 Å². The van der Waals surface area contributed by atoms with Gasteiger partial charge in [-0.15, -0.1) is 0 Å². The number of carbonyl (C=O) groups is 2. The normalized spacial score (nSPS) is 9.79. The Bertz CT molecular complexity index is 465. The molecular formula is C12H15BrN2O4. The number of halogens is 1. The number of aliphatic carboxylic acids is 1. The van der Waals surface area contributed by atoms with Gasteiger partial charge >= 0.3 is 12.0 Å². The zero-order valence-corrected chi connectivity index (χ0v) is 12.0. The van der Waals surface area contributed by atoms with E-state index in [-0.39, 0.29) is 13.0 Å². The minimum atomic E-state index is -0.950. The van der Waals surface area contributed by atoms with Gasteiger partial charge in [-0.05, 0) is 18.2 Å². The molecule has 104 valence electrons. The van der Waals surface area contributed by atoms with Crippen LogP contribution in [0.15, 0.2) is 22.7 Å². The lowest BCUT2D eigenvalue weighted by molar-refractivity contribution is -0.136. The number of carboxylic acids is 1. The summed E-state index contributed by atoms with van der Waals surface area (Å²) in [6, 6.07) is 5.07. The second-order valence-electron chi connectivity index (χ2n) is 3.71. The lowest BCUT2D eigenvalue weighted by atomic mass is 10.2. The van der Waals surface area contributed by atoms with Crippen LogP contribution in [0.1, 0.15) is 12.0 Å². The number of methoxy groups -OCH3 is 1. The summed E-state index contributed by atoms with van der Waals surface area (Å²) < 4.78 is 6.06. The fourth-order valence-corrected chi connectivity index (χ4v) is 1.81. The van der Waals surface area contributed by atoms with Gasteiger partial charge in [0.05, 0.1) is 13.5 Å². The SMILES string of the molecule is COc1ccc(Br)cc1CNC(=O)NCCC(=O)O. The first-order chi connectivity index (χ1) is 9.02. The summed E-state index contributed by atoms with van der Waals surface area (Å²) in [5.41, 5.74) is 0.824. The van der Waals surface area contributed by atoms with Crippen LogP contribution in [0.4, 0.5) is 4.79 Å². The fraction of sp³-hybridized carbons (Fsp3) is 0.333. The Morgan fingerprint density at radius 1 is 1.37 bits per heavy atom. The molecule has 0 aliphatic heterocycles. The molecule has 0 aliphatic rings. The number of rotatable bonds is 6. The molecule has 0 fully saturated rings. The number of carbonyl (C=O) groups excluding carboxylic acids is 1. The Kier molecular flexibility index (Phi) is 6.14. The molecule has 0 unspecified atom stereocenters. The van der Waals surface area contributed by atoms with E-state index in [2.05, 4.69) is 26.6 Å². The Balaban J connectivity index is 2.45. The van der Waals surface area contributed by atoms with Crippen molar-refractivity contribution < 1.29 is 19.4 Å². The summed E-state index contributed by atoms with van der Waals surface area (Å²) >= 11 is 3.34. The standard InChI is InChI=1S/C12H15BrN2O4/c1-19-10-3-2-9(13)6-8(10)7-15-12(18)14-5-4-11(16)17/h2-3,6H,4-5,7H2,1H3,(H,16,17)(H2,14,15,18). The van der Waals surface area contributed by atoms with Gasteiger partial charge in [0.1, 0.15) is 5.75 Å². The minimum absolute atomic E-state index is 0.0940. The summed E-state index contributed by atoms with van der Waals surface area (Å²) in [7, 11) is 1.56. The van der Waals surface area contributed by atoms with Crippen LogP contribution in [0, 0.1) is 0 Å². The van der Waals surface area contributed by atoms with Gasteiger partial charge in [0.15, 0.2) is 0 Å². The molecule has 0 atom stereocenters. The van der Waals surface area contributed by atoms with Crippen LogP contribution in [0.5, 0.6) is 5.75 Å². The van der Waals surface area contributed by atoms with Crippen LogP contribution < -0.4 is 15.4 Å². The first-order valence-corrected chi connectivity index (χ1v) is 6.38. The van der Waals surface area contributed by atoms with Crippen molar-refractivity contribution in [2.45, 2.75) is 13.0 Å². The van der Waals surface area contributed by atoms with Gasteiger partial charge in [0, 0.05) is 23.1 Å². The quantitative estimate of drug-likeness (QED) is 0.741. The average molecular weight is 331 g/mol. The highest BCUT2D eigenvalue weighted by Crippen LogP contribution is 2.22. The number of carboxylic acid groups (broad SMARTS) is 1. The van der Waals surface area contributed by atoms with E-state index in [1.54, 1.807) is 13.2 Å². The molecule has 0 aromatic heterocycles. The third kappa shape index (κ3) is 5.60. The van der Waals surface area contributed by atoms with E-state index in [0.29, 0.717) is 12.3 Å². The molecule has 2 amide bonds. The Morgan fingerprint density at radius 2 is 2.11 bits per heavy atom. The zero-order chi connectivity index (χ0) is 14.3. The molecule has 7 heteroatoms. The van der Waals surface area contributed by atoms with Gasteiger partial charge in [0.25, 0.3) is 0 Å². The Labute approximate surface area is 119 Å². The summed E-state index contributed by atoms with van der Waals surface area (Å²) in [5, 5.41) is 13.5. The largest absolute Gasteiger partial charge is 0.496 e. The molecule has 0 saturated heterocycles. The predicted octanol–water partition coefficient (Wildman–Crippen LogP) is 1.73. The summed E-state index contributed by atoms with van der Waals surface area (Å²) in [6.45, 7) is 0.387. The van der Waals surface area contributed by atoms with Gasteiger partial charge in [-0.25, -0.2) is 4.79 Å². The maximum Gasteiger partial charge on any atom is 0.315 e. The molecule has 1 rings (SSSR count). The summed E-state index contributed by atoms with van der Waals surface area (Å²) in [5.74, 6) is -0.275. The molecular weight excluding hydrogens is 316 g/mol. The van der Waals surface area contributed by atoms with Crippen molar-refractivity contribution in [3.05, 3.63) is 28.2 Å². The van der Waals surface area contributed by atoms with Crippen LogP contribution in [-0.4, -0.2) is 30.8 Å². The number of urea groups is 1. The van der Waals surface area contributed by atoms with Crippen LogP contribution in [0.25, 0.3) is 0 Å². The van der Waals surface area contributed by atoms with Crippen molar-refractivity contribution in [1.29, 1.82) is 0 Å². The highest BCUT2D eigenvalue weighted by Gasteiger charge is 2.06. The van der Waals surface area contributed by atoms with Crippen LogP contribution >= 0.6 is 15.9 Å². The molecule has 0 radical (unpaired) electrons. The van der Waals surface area contributed by atoms with Crippen molar-refractivity contribution in [2.24, 2.45) is 0 Å². The molecule has 1 aromatic rings. The lowest BCUT2D eigenvalue weighted by Gasteiger charge is -2.10. The van der Waals surface area contributed by atoms with Crippen molar-refractivity contribution in [3.8, 4) is 5.75 Å². The van der Waals surface area contributed by atoms with Gasteiger partial charge in [-0.3, -0.25) is 4.79 Å². The first kappa shape index (κ1) is 15.3. The highest BCUT2D eigenvalue weighted by molar-refractivity contribution is 9.10. The third-order valence-electron chi connectivity index (χ3n) is 2.31. The Morgan fingerprint density at radius 3 is 2.74 bits per heavy atom. The molecule has 0 bridgehead atoms. The number of ether oxygens (including phenoxy) is 1. The van der Waals surface area contributed by atoms with Crippen LogP contribution in [0.2, 0.25) is 0 Å². The molecule has 0 saturated carbocycles. The maximum atomic E-state index is 11.4. The monoisotopic (exact) mass is 330 g/mol. The first-order valence-electron chi connectivity index (χ1n) is 5.59. The third-order valence-corrected chi connectivity index (χ3v) is 2.80. The maximum absolute atomic E-state index is 11.4. The number of benzene rings is 1. The number of nitrogens with one attached hydrogen (secondary N) is 2. The number of hydrogen-bond donors (Lipinski definition) is 3. The summed E-state index contributed by atoms with van der Waals surface area (Å²) in [6.07, 6.45) is -0.104. The molecule has 19 heavy (non-hydrogen) atoms. The predicted molar refractivity (Wildman–Crippen MR) is 73.2 cm³/mol. The van der Waals surface area contributed by atoms with Crippen LogP contribution in [0.3, 0.4) is 0 Å². The highest BCUT2D eigenvalue weighted by atomic mass is 79.9. The molecule has 1 aromatic carbocycles. The number of amides is 2. The van der Waals surface area contributed by atoms with Crippen LogP contribution in [-0.2, 0) is 11.3 Å². The van der Waals surface area contributed by atoms with E-state index in [9.17, 15) is 9.59 Å².